The predicted octanol–water partition coefficient (Wildman–Crippen LogP) is 1.84. The Labute approximate surface area is 91.7 Å². The maximum absolute atomic E-state index is 4.22. The molecule has 2 aromatic heterocycles. The first kappa shape index (κ1) is 8.91. The van der Waals surface area contributed by atoms with Gasteiger partial charge in [0.05, 0.1) is 0 Å². The topological polar surface area (TPSA) is 43.6 Å². The van der Waals surface area contributed by atoms with E-state index in [2.05, 4.69) is 19.7 Å². The fraction of sp³-hybridized carbons (Fsp3) is 0.300. The Bertz CT molecular complexity index is 466. The molecule has 0 spiro atoms. The quantitative estimate of drug-likeness (QED) is 0.732. The van der Waals surface area contributed by atoms with Gasteiger partial charge in [-0.1, -0.05) is 11.8 Å². The number of hydrogen-bond acceptors (Lipinski definition) is 4. The predicted molar refractivity (Wildman–Crippen MR) is 58.6 cm³/mol. The van der Waals surface area contributed by atoms with Crippen molar-refractivity contribution >= 4 is 11.8 Å². The number of fused-ring (bicyclic) bond motifs is 1. The molecule has 3 rings (SSSR count). The number of rotatable bonds is 1. The Kier molecular flexibility index (Phi) is 2.17. The van der Waals surface area contributed by atoms with Gasteiger partial charge in [0.25, 0.3) is 0 Å². The molecular formula is C10H10N4S. The summed E-state index contributed by atoms with van der Waals surface area (Å²) in [5.74, 6) is 2.08. The van der Waals surface area contributed by atoms with Gasteiger partial charge in [-0.3, -0.25) is 4.98 Å². The van der Waals surface area contributed by atoms with Crippen LogP contribution in [-0.4, -0.2) is 25.5 Å². The highest BCUT2D eigenvalue weighted by atomic mass is 32.2. The second kappa shape index (κ2) is 3.66. The summed E-state index contributed by atoms with van der Waals surface area (Å²) in [6.07, 6.45) is 4.78. The van der Waals surface area contributed by atoms with Crippen LogP contribution in [0, 0.1) is 0 Å². The van der Waals surface area contributed by atoms with E-state index in [1.54, 1.807) is 18.0 Å². The summed E-state index contributed by atoms with van der Waals surface area (Å²) in [7, 11) is 0. The molecule has 0 N–H and O–H groups in total. The Morgan fingerprint density at radius 1 is 1.33 bits per heavy atom. The zero-order valence-corrected chi connectivity index (χ0v) is 8.94. The van der Waals surface area contributed by atoms with Crippen LogP contribution in [0.1, 0.15) is 6.42 Å². The van der Waals surface area contributed by atoms with Crippen molar-refractivity contribution < 1.29 is 0 Å². The molecule has 1 aliphatic rings. The van der Waals surface area contributed by atoms with E-state index >= 15 is 0 Å². The molecule has 0 aliphatic carbocycles. The lowest BCUT2D eigenvalue weighted by molar-refractivity contribution is 0.612. The third kappa shape index (κ3) is 1.52. The normalized spacial score (nSPS) is 14.9. The van der Waals surface area contributed by atoms with Crippen molar-refractivity contribution in [1.82, 2.24) is 19.7 Å². The van der Waals surface area contributed by atoms with Gasteiger partial charge >= 0.3 is 0 Å². The molecule has 1 aliphatic heterocycles. The molecule has 0 radical (unpaired) electrons. The van der Waals surface area contributed by atoms with Gasteiger partial charge in [0.15, 0.2) is 11.0 Å². The van der Waals surface area contributed by atoms with Crippen molar-refractivity contribution in [2.45, 2.75) is 18.1 Å². The van der Waals surface area contributed by atoms with Crippen molar-refractivity contribution in [2.24, 2.45) is 0 Å². The molecule has 15 heavy (non-hydrogen) atoms. The minimum Gasteiger partial charge on any atom is -0.302 e. The summed E-state index contributed by atoms with van der Waals surface area (Å²) in [5, 5.41) is 9.43. The summed E-state index contributed by atoms with van der Waals surface area (Å²) >= 11 is 1.77. The maximum atomic E-state index is 4.22. The molecule has 0 saturated heterocycles. The first-order chi connectivity index (χ1) is 7.45. The molecule has 4 nitrogen and oxygen atoms in total. The van der Waals surface area contributed by atoms with Crippen LogP contribution in [-0.2, 0) is 6.54 Å². The molecular weight excluding hydrogens is 208 g/mol. The smallest absolute Gasteiger partial charge is 0.191 e. The summed E-state index contributed by atoms with van der Waals surface area (Å²) in [6.45, 7) is 1.01. The summed E-state index contributed by atoms with van der Waals surface area (Å²) in [4.78, 5) is 4.10. The van der Waals surface area contributed by atoms with Gasteiger partial charge < -0.3 is 4.57 Å². The van der Waals surface area contributed by atoms with E-state index in [0.29, 0.717) is 0 Å². The van der Waals surface area contributed by atoms with Crippen molar-refractivity contribution in [1.29, 1.82) is 0 Å². The van der Waals surface area contributed by atoms with Crippen LogP contribution in [0.15, 0.2) is 29.7 Å². The van der Waals surface area contributed by atoms with Gasteiger partial charge in [-0.25, -0.2) is 0 Å². The average Bonchev–Trinajstić information content (AvgIpc) is 2.74. The van der Waals surface area contributed by atoms with Crippen molar-refractivity contribution in [3.8, 4) is 11.4 Å². The fourth-order valence-electron chi connectivity index (χ4n) is 1.69. The third-order valence-corrected chi connectivity index (χ3v) is 3.45. The Hall–Kier alpha value is -1.36. The molecule has 0 unspecified atom stereocenters. The number of nitrogens with zero attached hydrogens (tertiary/aromatic N) is 4. The number of aromatic nitrogens is 4. The summed E-state index contributed by atoms with van der Waals surface area (Å²) < 4.78 is 2.17. The average molecular weight is 218 g/mol. The SMILES string of the molecule is c1cncc(-c2nnc3n2CCCS3)c1. The van der Waals surface area contributed by atoms with Crippen LogP contribution in [0.2, 0.25) is 0 Å². The molecule has 2 aromatic rings. The minimum absolute atomic E-state index is 0.935. The maximum Gasteiger partial charge on any atom is 0.191 e. The van der Waals surface area contributed by atoms with Gasteiger partial charge in [0.2, 0.25) is 0 Å². The molecule has 5 heteroatoms. The van der Waals surface area contributed by atoms with Crippen molar-refractivity contribution in [3.63, 3.8) is 0 Å². The molecule has 0 atom stereocenters. The number of pyridine rings is 1. The van der Waals surface area contributed by atoms with E-state index < -0.39 is 0 Å². The lowest BCUT2D eigenvalue weighted by Gasteiger charge is -2.13. The molecule has 0 fully saturated rings. The Balaban J connectivity index is 2.09. The molecule has 0 aromatic carbocycles. The van der Waals surface area contributed by atoms with Gasteiger partial charge in [-0.2, -0.15) is 0 Å². The largest absolute Gasteiger partial charge is 0.302 e. The van der Waals surface area contributed by atoms with Crippen LogP contribution < -0.4 is 0 Å². The number of thioether (sulfide) groups is 1. The van der Waals surface area contributed by atoms with Crippen LogP contribution >= 0.6 is 11.8 Å². The standard InChI is InChI=1S/C10H10N4S/c1-3-8(7-11-4-1)9-12-13-10-14(9)5-2-6-15-10/h1,3-4,7H,2,5-6H2. The molecule has 76 valence electrons. The highest BCUT2D eigenvalue weighted by Crippen LogP contribution is 2.27. The molecule has 0 amide bonds. The summed E-state index contributed by atoms with van der Waals surface area (Å²) in [6, 6.07) is 3.94. The fourth-order valence-corrected chi connectivity index (χ4v) is 2.58. The monoisotopic (exact) mass is 218 g/mol. The van der Waals surface area contributed by atoms with Crippen LogP contribution in [0.4, 0.5) is 0 Å². The Morgan fingerprint density at radius 2 is 2.33 bits per heavy atom. The molecule has 0 saturated carbocycles. The second-order valence-electron chi connectivity index (χ2n) is 3.40. The highest BCUT2D eigenvalue weighted by molar-refractivity contribution is 7.99. The van der Waals surface area contributed by atoms with Crippen LogP contribution in [0.5, 0.6) is 0 Å². The van der Waals surface area contributed by atoms with E-state index in [-0.39, 0.29) is 0 Å². The van der Waals surface area contributed by atoms with Gasteiger partial charge in [0, 0.05) is 30.3 Å². The highest BCUT2D eigenvalue weighted by Gasteiger charge is 2.17. The zero-order chi connectivity index (χ0) is 10.1. The van der Waals surface area contributed by atoms with Crippen LogP contribution in [0.3, 0.4) is 0 Å². The van der Waals surface area contributed by atoms with Gasteiger partial charge in [0.1, 0.15) is 0 Å². The van der Waals surface area contributed by atoms with Gasteiger partial charge in [-0.15, -0.1) is 10.2 Å². The lowest BCUT2D eigenvalue weighted by atomic mass is 10.2. The molecule has 3 heterocycles. The first-order valence-corrected chi connectivity index (χ1v) is 5.90. The van der Waals surface area contributed by atoms with E-state index in [0.717, 1.165) is 28.8 Å². The lowest BCUT2D eigenvalue weighted by Crippen LogP contribution is -2.08. The van der Waals surface area contributed by atoms with Gasteiger partial charge in [-0.05, 0) is 18.6 Å². The van der Waals surface area contributed by atoms with E-state index in [1.807, 2.05) is 18.3 Å². The zero-order valence-electron chi connectivity index (χ0n) is 8.13. The minimum atomic E-state index is 0.935. The third-order valence-electron chi connectivity index (χ3n) is 2.39. The Morgan fingerprint density at radius 3 is 3.20 bits per heavy atom. The molecule has 0 bridgehead atoms. The van der Waals surface area contributed by atoms with E-state index in [9.17, 15) is 0 Å². The van der Waals surface area contributed by atoms with E-state index in [4.69, 9.17) is 0 Å². The van der Waals surface area contributed by atoms with Crippen LogP contribution in [0.25, 0.3) is 11.4 Å². The summed E-state index contributed by atoms with van der Waals surface area (Å²) in [5.41, 5.74) is 1.04. The second-order valence-corrected chi connectivity index (χ2v) is 4.46. The van der Waals surface area contributed by atoms with Crippen molar-refractivity contribution in [3.05, 3.63) is 24.5 Å². The first-order valence-electron chi connectivity index (χ1n) is 4.91. The number of hydrogen-bond donors (Lipinski definition) is 0. The van der Waals surface area contributed by atoms with Crippen molar-refractivity contribution in [2.75, 3.05) is 5.75 Å². The van der Waals surface area contributed by atoms with E-state index in [1.165, 1.54) is 6.42 Å².